The summed E-state index contributed by atoms with van der Waals surface area (Å²) in [4.78, 5) is 0. The van der Waals surface area contributed by atoms with Crippen molar-refractivity contribution < 1.29 is 0 Å². The fourth-order valence-corrected chi connectivity index (χ4v) is 1.24. The van der Waals surface area contributed by atoms with Gasteiger partial charge in [0.25, 0.3) is 0 Å². The molecule has 1 aromatic rings. The molecule has 0 saturated heterocycles. The van der Waals surface area contributed by atoms with E-state index >= 15 is 0 Å². The van der Waals surface area contributed by atoms with Crippen LogP contribution in [0, 0.1) is 0 Å². The first kappa shape index (κ1) is 7.12. The third-order valence-electron chi connectivity index (χ3n) is 1.13. The Hall–Kier alpha value is 0.0100. The third-order valence-corrected chi connectivity index (χ3v) is 1.52. The molecule has 1 rings (SSSR count). The fraction of sp³-hybridized carbons (Fsp3) is 0.429. The molecule has 0 bridgehead atoms. The van der Waals surface area contributed by atoms with Gasteiger partial charge in [0, 0.05) is 22.9 Å². The second kappa shape index (κ2) is 3.25. The number of alkyl halides is 1. The van der Waals surface area contributed by atoms with E-state index in [0.717, 1.165) is 10.5 Å². The van der Waals surface area contributed by atoms with E-state index in [0.29, 0.717) is 0 Å². The largest absolute Gasteiger partial charge is 0.353 e. The lowest BCUT2D eigenvalue weighted by atomic mass is 10.5. The first-order valence-electron chi connectivity index (χ1n) is 3.04. The van der Waals surface area contributed by atoms with E-state index in [9.17, 15) is 0 Å². The summed E-state index contributed by atoms with van der Waals surface area (Å²) < 4.78 is 2.91. The highest BCUT2D eigenvalue weighted by molar-refractivity contribution is 14.1. The van der Waals surface area contributed by atoms with Gasteiger partial charge in [0.15, 0.2) is 0 Å². The molecule has 9 heavy (non-hydrogen) atoms. The highest BCUT2D eigenvalue weighted by atomic mass is 127. The molecule has 0 saturated carbocycles. The molecule has 0 aliphatic heterocycles. The van der Waals surface area contributed by atoms with Gasteiger partial charge >= 0.3 is 0 Å². The van der Waals surface area contributed by atoms with E-state index in [1.165, 1.54) is 0 Å². The Kier molecular flexibility index (Phi) is 2.57. The van der Waals surface area contributed by atoms with E-state index < -0.39 is 0 Å². The molecule has 0 fully saturated rings. The molecule has 0 aromatic carbocycles. The average molecular weight is 235 g/mol. The van der Waals surface area contributed by atoms with Gasteiger partial charge in [-0.15, -0.1) is 0 Å². The highest BCUT2D eigenvalue weighted by Crippen LogP contribution is 2.02. The average Bonchev–Trinajstić information content (AvgIpc) is 2.15. The van der Waals surface area contributed by atoms with Crippen molar-refractivity contribution in [1.82, 2.24) is 4.57 Å². The Morgan fingerprint density at radius 1 is 1.44 bits per heavy atom. The van der Waals surface area contributed by atoms with Crippen LogP contribution >= 0.6 is 22.6 Å². The van der Waals surface area contributed by atoms with E-state index in [4.69, 9.17) is 0 Å². The minimum Gasteiger partial charge on any atom is -0.353 e. The molecule has 0 spiro atoms. The molecular weight excluding hydrogens is 225 g/mol. The van der Waals surface area contributed by atoms with Crippen molar-refractivity contribution in [2.75, 3.05) is 0 Å². The van der Waals surface area contributed by atoms with Crippen LogP contribution in [0.4, 0.5) is 0 Å². The van der Waals surface area contributed by atoms with E-state index in [1.807, 2.05) is 0 Å². The summed E-state index contributed by atoms with van der Waals surface area (Å²) in [6.45, 7) is 3.33. The summed E-state index contributed by atoms with van der Waals surface area (Å²) in [6, 6.07) is 4.11. The van der Waals surface area contributed by atoms with Crippen LogP contribution in [0.25, 0.3) is 0 Å². The molecule has 0 aliphatic rings. The summed E-state index contributed by atoms with van der Waals surface area (Å²) in [5, 5.41) is 0. The Morgan fingerprint density at radius 3 is 2.44 bits per heavy atom. The standard InChI is InChI=1S/C7H10IN/c1-7(8)6-9-4-2-3-5-9/h2-5,7H,6H2,1H3. The summed E-state index contributed by atoms with van der Waals surface area (Å²) in [6.07, 6.45) is 4.18. The van der Waals surface area contributed by atoms with Crippen LogP contribution in [-0.4, -0.2) is 8.49 Å². The SMILES string of the molecule is CC(I)Cn1cccc1. The molecule has 1 atom stereocenters. The smallest absolute Gasteiger partial charge is 0.0335 e. The zero-order valence-electron chi connectivity index (χ0n) is 5.42. The highest BCUT2D eigenvalue weighted by Gasteiger charge is 1.93. The molecule has 1 nitrogen and oxygen atoms in total. The van der Waals surface area contributed by atoms with Crippen molar-refractivity contribution in [3.8, 4) is 0 Å². The molecule has 0 N–H and O–H groups in total. The Bertz CT molecular complexity index is 155. The molecule has 2 heteroatoms. The van der Waals surface area contributed by atoms with Gasteiger partial charge in [-0.05, 0) is 12.1 Å². The molecule has 1 unspecified atom stereocenters. The van der Waals surface area contributed by atoms with Crippen LogP contribution in [0.1, 0.15) is 6.92 Å². The Balaban J connectivity index is 2.48. The topological polar surface area (TPSA) is 4.93 Å². The van der Waals surface area contributed by atoms with Crippen LogP contribution in [-0.2, 0) is 6.54 Å². The van der Waals surface area contributed by atoms with E-state index in [-0.39, 0.29) is 0 Å². The van der Waals surface area contributed by atoms with E-state index in [2.05, 4.69) is 58.6 Å². The van der Waals surface area contributed by atoms with Crippen molar-refractivity contribution in [2.45, 2.75) is 17.4 Å². The second-order valence-electron chi connectivity index (χ2n) is 2.16. The van der Waals surface area contributed by atoms with Crippen molar-refractivity contribution in [3.63, 3.8) is 0 Å². The van der Waals surface area contributed by atoms with Gasteiger partial charge in [-0.1, -0.05) is 29.5 Å². The fourth-order valence-electron chi connectivity index (χ4n) is 0.782. The summed E-state index contributed by atoms with van der Waals surface area (Å²) in [7, 11) is 0. The van der Waals surface area contributed by atoms with Crippen LogP contribution < -0.4 is 0 Å². The van der Waals surface area contributed by atoms with Crippen LogP contribution in [0.15, 0.2) is 24.5 Å². The van der Waals surface area contributed by atoms with Crippen molar-refractivity contribution >= 4 is 22.6 Å². The summed E-state index contributed by atoms with van der Waals surface area (Å²) in [5.41, 5.74) is 0. The molecular formula is C7H10IN. The number of nitrogens with zero attached hydrogens (tertiary/aromatic N) is 1. The number of rotatable bonds is 2. The first-order chi connectivity index (χ1) is 4.29. The van der Waals surface area contributed by atoms with Gasteiger partial charge in [-0.25, -0.2) is 0 Å². The maximum Gasteiger partial charge on any atom is 0.0335 e. The third kappa shape index (κ3) is 2.39. The van der Waals surface area contributed by atoms with Crippen molar-refractivity contribution in [2.24, 2.45) is 0 Å². The predicted molar refractivity (Wildman–Crippen MR) is 47.9 cm³/mol. The molecule has 1 heterocycles. The minimum atomic E-state index is 0.718. The van der Waals surface area contributed by atoms with Gasteiger partial charge in [-0.3, -0.25) is 0 Å². The number of aromatic nitrogens is 1. The molecule has 50 valence electrons. The van der Waals surface area contributed by atoms with Crippen LogP contribution in [0.3, 0.4) is 0 Å². The van der Waals surface area contributed by atoms with Crippen molar-refractivity contribution in [1.29, 1.82) is 0 Å². The quantitative estimate of drug-likeness (QED) is 0.547. The van der Waals surface area contributed by atoms with Crippen LogP contribution in [0.5, 0.6) is 0 Å². The zero-order chi connectivity index (χ0) is 6.69. The lowest BCUT2D eigenvalue weighted by Gasteiger charge is -2.02. The monoisotopic (exact) mass is 235 g/mol. The van der Waals surface area contributed by atoms with Crippen LogP contribution in [0.2, 0.25) is 0 Å². The Labute approximate surface area is 69.2 Å². The molecule has 0 aliphatic carbocycles. The maximum atomic E-state index is 2.42. The van der Waals surface area contributed by atoms with E-state index in [1.54, 1.807) is 0 Å². The lowest BCUT2D eigenvalue weighted by Crippen LogP contribution is -2.02. The second-order valence-corrected chi connectivity index (χ2v) is 4.29. The van der Waals surface area contributed by atoms with Gasteiger partial charge in [0.05, 0.1) is 0 Å². The van der Waals surface area contributed by atoms with Gasteiger partial charge < -0.3 is 4.57 Å². The number of halogens is 1. The number of hydrogen-bond acceptors (Lipinski definition) is 0. The predicted octanol–water partition coefficient (Wildman–Crippen LogP) is 2.31. The van der Waals surface area contributed by atoms with Gasteiger partial charge in [0.1, 0.15) is 0 Å². The zero-order valence-corrected chi connectivity index (χ0v) is 7.58. The molecule has 0 radical (unpaired) electrons. The number of hydrogen-bond donors (Lipinski definition) is 0. The molecule has 0 amide bonds. The lowest BCUT2D eigenvalue weighted by molar-refractivity contribution is 0.712. The normalized spacial score (nSPS) is 13.6. The molecule has 1 aromatic heterocycles. The summed E-state index contributed by atoms with van der Waals surface area (Å²) >= 11 is 2.42. The maximum absolute atomic E-state index is 2.42. The Morgan fingerprint density at radius 2 is 2.00 bits per heavy atom. The minimum absolute atomic E-state index is 0.718. The first-order valence-corrected chi connectivity index (χ1v) is 4.28. The van der Waals surface area contributed by atoms with Crippen molar-refractivity contribution in [3.05, 3.63) is 24.5 Å². The van der Waals surface area contributed by atoms with Gasteiger partial charge in [0.2, 0.25) is 0 Å². The van der Waals surface area contributed by atoms with Gasteiger partial charge in [-0.2, -0.15) is 0 Å². The summed E-state index contributed by atoms with van der Waals surface area (Å²) in [5.74, 6) is 0.